The number of nitriles is 1. The van der Waals surface area contributed by atoms with Gasteiger partial charge in [0.15, 0.2) is 0 Å². The van der Waals surface area contributed by atoms with Crippen LogP contribution in [0, 0.1) is 18.3 Å². The van der Waals surface area contributed by atoms with Crippen LogP contribution >= 0.6 is 0 Å². The number of hydrogen-bond donors (Lipinski definition) is 0. The van der Waals surface area contributed by atoms with Gasteiger partial charge in [-0.2, -0.15) is 5.26 Å². The highest BCUT2D eigenvalue weighted by Gasteiger charge is 2.27. The van der Waals surface area contributed by atoms with E-state index in [9.17, 15) is 8.42 Å². The van der Waals surface area contributed by atoms with Crippen molar-refractivity contribution >= 4 is 15.7 Å². The fourth-order valence-corrected chi connectivity index (χ4v) is 3.70. The van der Waals surface area contributed by atoms with Crippen molar-refractivity contribution in [3.8, 4) is 6.07 Å². The van der Waals surface area contributed by atoms with Crippen LogP contribution in [0.5, 0.6) is 0 Å². The van der Waals surface area contributed by atoms with Crippen molar-refractivity contribution in [2.45, 2.75) is 19.8 Å². The largest absolute Gasteiger partial charge is 0.270 e. The molecule has 0 aliphatic carbocycles. The zero-order chi connectivity index (χ0) is 12.5. The number of rotatable bonds is 1. The first-order valence-electron chi connectivity index (χ1n) is 5.56. The molecule has 1 aliphatic rings. The highest BCUT2D eigenvalue weighted by Crippen LogP contribution is 2.27. The minimum Gasteiger partial charge on any atom is -0.270 e. The van der Waals surface area contributed by atoms with Crippen molar-refractivity contribution in [1.82, 2.24) is 0 Å². The van der Waals surface area contributed by atoms with Gasteiger partial charge in [-0.1, -0.05) is 6.07 Å². The monoisotopic (exact) mass is 250 g/mol. The Kier molecular flexibility index (Phi) is 3.07. The van der Waals surface area contributed by atoms with Crippen LogP contribution in [-0.2, 0) is 10.0 Å². The molecule has 1 fully saturated rings. The van der Waals surface area contributed by atoms with Crippen LogP contribution in [0.3, 0.4) is 0 Å². The molecule has 2 rings (SSSR count). The molecule has 0 aromatic heterocycles. The Hall–Kier alpha value is -1.54. The van der Waals surface area contributed by atoms with Gasteiger partial charge in [-0.25, -0.2) is 8.42 Å². The molecule has 1 saturated heterocycles. The lowest BCUT2D eigenvalue weighted by Gasteiger charge is -2.29. The molecule has 0 N–H and O–H groups in total. The smallest absolute Gasteiger partial charge is 0.235 e. The average Bonchev–Trinajstić information content (AvgIpc) is 2.30. The van der Waals surface area contributed by atoms with Crippen LogP contribution < -0.4 is 4.31 Å². The number of aryl methyl sites for hydroxylation is 1. The first-order chi connectivity index (χ1) is 8.04. The number of nitrogens with zero attached hydrogens (tertiary/aromatic N) is 2. The van der Waals surface area contributed by atoms with Crippen molar-refractivity contribution in [2.24, 2.45) is 0 Å². The second-order valence-corrected chi connectivity index (χ2v) is 6.22. The second-order valence-electron chi connectivity index (χ2n) is 4.21. The Balaban J connectivity index is 2.49. The summed E-state index contributed by atoms with van der Waals surface area (Å²) >= 11 is 0. The van der Waals surface area contributed by atoms with Crippen LogP contribution in [-0.4, -0.2) is 20.7 Å². The second kappa shape index (κ2) is 4.38. The van der Waals surface area contributed by atoms with Crippen molar-refractivity contribution in [3.63, 3.8) is 0 Å². The summed E-state index contributed by atoms with van der Waals surface area (Å²) in [4.78, 5) is 0. The van der Waals surface area contributed by atoms with E-state index in [0.717, 1.165) is 18.4 Å². The van der Waals surface area contributed by atoms with E-state index in [2.05, 4.69) is 0 Å². The summed E-state index contributed by atoms with van der Waals surface area (Å²) in [6.45, 7) is 2.37. The van der Waals surface area contributed by atoms with Crippen molar-refractivity contribution in [3.05, 3.63) is 29.3 Å². The Morgan fingerprint density at radius 1 is 1.35 bits per heavy atom. The molecule has 1 heterocycles. The highest BCUT2D eigenvalue weighted by atomic mass is 32.2. The molecule has 0 unspecified atom stereocenters. The van der Waals surface area contributed by atoms with Gasteiger partial charge < -0.3 is 0 Å². The third kappa shape index (κ3) is 2.27. The summed E-state index contributed by atoms with van der Waals surface area (Å²) in [5.41, 5.74) is 2.02. The van der Waals surface area contributed by atoms with Gasteiger partial charge >= 0.3 is 0 Å². The maximum atomic E-state index is 12.0. The standard InChI is InChI=1S/C12H14N2O2S/c1-10-4-5-11(9-13)8-12(10)14-6-2-3-7-17(14,15)16/h4-5,8H,2-3,6-7H2,1H3. The van der Waals surface area contributed by atoms with E-state index in [1.54, 1.807) is 18.2 Å². The Labute approximate surface area is 102 Å². The minimum absolute atomic E-state index is 0.198. The molecule has 4 nitrogen and oxygen atoms in total. The SMILES string of the molecule is Cc1ccc(C#N)cc1N1CCCCS1(=O)=O. The topological polar surface area (TPSA) is 61.2 Å². The Morgan fingerprint density at radius 3 is 2.76 bits per heavy atom. The molecule has 0 spiro atoms. The van der Waals surface area contributed by atoms with Gasteiger partial charge in [0.25, 0.3) is 0 Å². The fourth-order valence-electron chi connectivity index (χ4n) is 2.01. The predicted octanol–water partition coefficient (Wildman–Crippen LogP) is 1.80. The number of sulfonamides is 1. The molecule has 0 bridgehead atoms. The maximum Gasteiger partial charge on any atom is 0.235 e. The molecule has 1 aromatic carbocycles. The summed E-state index contributed by atoms with van der Waals surface area (Å²) < 4.78 is 25.4. The third-order valence-electron chi connectivity index (χ3n) is 2.96. The van der Waals surface area contributed by atoms with E-state index in [1.165, 1.54) is 4.31 Å². The lowest BCUT2D eigenvalue weighted by Crippen LogP contribution is -2.38. The third-order valence-corrected chi connectivity index (χ3v) is 4.81. The van der Waals surface area contributed by atoms with Gasteiger partial charge in [0.05, 0.1) is 23.1 Å². The number of hydrogen-bond acceptors (Lipinski definition) is 3. The molecular weight excluding hydrogens is 236 g/mol. The number of anilines is 1. The van der Waals surface area contributed by atoms with E-state index < -0.39 is 10.0 Å². The first kappa shape index (κ1) is 11.9. The molecule has 1 aromatic rings. The maximum absolute atomic E-state index is 12.0. The molecule has 90 valence electrons. The van der Waals surface area contributed by atoms with Crippen LogP contribution in [0.4, 0.5) is 5.69 Å². The zero-order valence-corrected chi connectivity index (χ0v) is 10.5. The van der Waals surface area contributed by atoms with Gasteiger partial charge in [-0.05, 0) is 37.5 Å². The lowest BCUT2D eigenvalue weighted by atomic mass is 10.1. The van der Waals surface area contributed by atoms with E-state index in [-0.39, 0.29) is 5.75 Å². The molecule has 0 radical (unpaired) electrons. The number of benzene rings is 1. The van der Waals surface area contributed by atoms with Crippen molar-refractivity contribution < 1.29 is 8.42 Å². The van der Waals surface area contributed by atoms with Gasteiger partial charge in [0.1, 0.15) is 0 Å². The van der Waals surface area contributed by atoms with E-state index in [4.69, 9.17) is 5.26 Å². The van der Waals surface area contributed by atoms with Crippen LogP contribution in [0.15, 0.2) is 18.2 Å². The summed E-state index contributed by atoms with van der Waals surface area (Å²) in [6.07, 6.45) is 1.59. The van der Waals surface area contributed by atoms with Crippen LogP contribution in [0.25, 0.3) is 0 Å². The molecule has 0 saturated carbocycles. The Bertz CT molecular complexity index is 573. The molecule has 0 atom stereocenters. The predicted molar refractivity (Wildman–Crippen MR) is 66.3 cm³/mol. The fraction of sp³-hybridized carbons (Fsp3) is 0.417. The van der Waals surface area contributed by atoms with Gasteiger partial charge in [-0.15, -0.1) is 0 Å². The highest BCUT2D eigenvalue weighted by molar-refractivity contribution is 7.92. The molecule has 1 aliphatic heterocycles. The van der Waals surface area contributed by atoms with Crippen molar-refractivity contribution in [2.75, 3.05) is 16.6 Å². The van der Waals surface area contributed by atoms with E-state index in [0.29, 0.717) is 17.8 Å². The zero-order valence-electron chi connectivity index (χ0n) is 9.68. The molecule has 5 heteroatoms. The summed E-state index contributed by atoms with van der Waals surface area (Å²) in [5, 5.41) is 8.86. The average molecular weight is 250 g/mol. The summed E-state index contributed by atoms with van der Waals surface area (Å²) in [5.74, 6) is 0.198. The lowest BCUT2D eigenvalue weighted by molar-refractivity contribution is 0.574. The van der Waals surface area contributed by atoms with Crippen molar-refractivity contribution in [1.29, 1.82) is 5.26 Å². The van der Waals surface area contributed by atoms with E-state index >= 15 is 0 Å². The summed E-state index contributed by atoms with van der Waals surface area (Å²) in [6, 6.07) is 7.18. The normalized spacial score (nSPS) is 18.7. The first-order valence-corrected chi connectivity index (χ1v) is 7.17. The van der Waals surface area contributed by atoms with E-state index in [1.807, 2.05) is 13.0 Å². The molecule has 17 heavy (non-hydrogen) atoms. The minimum atomic E-state index is -3.20. The van der Waals surface area contributed by atoms with Crippen LogP contribution in [0.1, 0.15) is 24.0 Å². The van der Waals surface area contributed by atoms with Gasteiger partial charge in [0, 0.05) is 6.54 Å². The molecule has 0 amide bonds. The summed E-state index contributed by atoms with van der Waals surface area (Å²) in [7, 11) is -3.20. The quantitative estimate of drug-likeness (QED) is 0.763. The van der Waals surface area contributed by atoms with Gasteiger partial charge in [0.2, 0.25) is 10.0 Å². The van der Waals surface area contributed by atoms with Crippen LogP contribution in [0.2, 0.25) is 0 Å². The van der Waals surface area contributed by atoms with Gasteiger partial charge in [-0.3, -0.25) is 4.31 Å². The Morgan fingerprint density at radius 2 is 2.12 bits per heavy atom. The molecular formula is C12H14N2O2S.